The number of benzene rings is 2. The average Bonchev–Trinajstić information content (AvgIpc) is 2.44. The quantitative estimate of drug-likeness (QED) is 0.386. The fourth-order valence-corrected chi connectivity index (χ4v) is 2.00. The molecule has 0 heterocycles. The summed E-state index contributed by atoms with van der Waals surface area (Å²) in [7, 11) is 0. The Labute approximate surface area is 126 Å². The molecule has 0 atom stereocenters. The van der Waals surface area contributed by atoms with Crippen molar-refractivity contribution in [3.8, 4) is 11.5 Å². The first kappa shape index (κ1) is 14.5. The Balaban J connectivity index is 2.46. The third kappa shape index (κ3) is 2.98. The fraction of sp³-hybridized carbons (Fsp3) is 0.0714. The van der Waals surface area contributed by atoms with Gasteiger partial charge in [-0.15, -0.1) is 0 Å². The predicted molar refractivity (Wildman–Crippen MR) is 80.2 cm³/mol. The molecule has 0 aliphatic heterocycles. The minimum atomic E-state index is -0.0400. The van der Waals surface area contributed by atoms with E-state index in [9.17, 15) is 0 Å². The molecular formula is C14H12Cl2N2O2. The summed E-state index contributed by atoms with van der Waals surface area (Å²) in [6, 6.07) is 10.4. The molecule has 0 aliphatic rings. The van der Waals surface area contributed by atoms with Crippen LogP contribution in [0.15, 0.2) is 41.6 Å². The number of hydrogen-bond acceptors (Lipinski definition) is 3. The first-order valence-corrected chi connectivity index (χ1v) is 6.49. The molecule has 0 saturated heterocycles. The number of nitrogens with two attached hydrogens (primary N) is 1. The largest absolute Gasteiger partial charge is 0.455 e. The highest BCUT2D eigenvalue weighted by Gasteiger charge is 2.12. The van der Waals surface area contributed by atoms with Crippen LogP contribution in [0.25, 0.3) is 0 Å². The highest BCUT2D eigenvalue weighted by Crippen LogP contribution is 2.35. The molecule has 0 saturated carbocycles. The maximum absolute atomic E-state index is 8.83. The molecule has 2 aromatic carbocycles. The number of amidine groups is 1. The zero-order valence-electron chi connectivity index (χ0n) is 10.6. The average molecular weight is 311 g/mol. The zero-order valence-corrected chi connectivity index (χ0v) is 12.1. The first-order valence-electron chi connectivity index (χ1n) is 5.73. The summed E-state index contributed by atoms with van der Waals surface area (Å²) in [6.45, 7) is 1.89. The summed E-state index contributed by atoms with van der Waals surface area (Å²) < 4.78 is 5.71. The molecule has 0 radical (unpaired) electrons. The van der Waals surface area contributed by atoms with Crippen LogP contribution in [-0.4, -0.2) is 11.0 Å². The molecule has 6 heteroatoms. The van der Waals surface area contributed by atoms with Crippen molar-refractivity contribution in [1.29, 1.82) is 0 Å². The number of hydrogen-bond donors (Lipinski definition) is 2. The number of aryl methyl sites for hydroxylation is 1. The maximum atomic E-state index is 8.83. The molecule has 2 rings (SSSR count). The van der Waals surface area contributed by atoms with E-state index in [1.165, 1.54) is 0 Å². The molecular weight excluding hydrogens is 299 g/mol. The van der Waals surface area contributed by atoms with Crippen molar-refractivity contribution in [1.82, 2.24) is 0 Å². The molecule has 0 amide bonds. The maximum Gasteiger partial charge on any atom is 0.173 e. The SMILES string of the molecule is Cc1ccc(Oc2cccc(Cl)c2Cl)c(/C(N)=N/O)c1. The summed E-state index contributed by atoms with van der Waals surface area (Å²) in [6.07, 6.45) is 0. The van der Waals surface area contributed by atoms with Crippen molar-refractivity contribution in [3.63, 3.8) is 0 Å². The van der Waals surface area contributed by atoms with Gasteiger partial charge in [0.15, 0.2) is 5.84 Å². The molecule has 0 aliphatic carbocycles. The normalized spacial score (nSPS) is 11.4. The highest BCUT2D eigenvalue weighted by atomic mass is 35.5. The second-order valence-electron chi connectivity index (χ2n) is 4.14. The van der Waals surface area contributed by atoms with Gasteiger partial charge in [0, 0.05) is 0 Å². The number of oxime groups is 1. The molecule has 20 heavy (non-hydrogen) atoms. The molecule has 4 nitrogen and oxygen atoms in total. The standard InChI is InChI=1S/C14H12Cl2N2O2/c1-8-5-6-11(9(7-8)14(17)18-19)20-12-4-2-3-10(15)13(12)16/h2-7,19H,1H3,(H2,17,18). The molecule has 104 valence electrons. The van der Waals surface area contributed by atoms with E-state index in [1.54, 1.807) is 30.3 Å². The van der Waals surface area contributed by atoms with E-state index in [4.69, 9.17) is 38.9 Å². The van der Waals surface area contributed by atoms with Gasteiger partial charge in [-0.05, 0) is 31.2 Å². The number of halogens is 2. The van der Waals surface area contributed by atoms with Gasteiger partial charge in [0.1, 0.15) is 16.5 Å². The van der Waals surface area contributed by atoms with Gasteiger partial charge in [-0.25, -0.2) is 0 Å². The van der Waals surface area contributed by atoms with Crippen molar-refractivity contribution >= 4 is 29.0 Å². The second-order valence-corrected chi connectivity index (χ2v) is 4.92. The third-order valence-corrected chi connectivity index (χ3v) is 3.46. The fourth-order valence-electron chi connectivity index (χ4n) is 1.67. The lowest BCUT2D eigenvalue weighted by atomic mass is 10.1. The van der Waals surface area contributed by atoms with Gasteiger partial charge in [-0.3, -0.25) is 0 Å². The van der Waals surface area contributed by atoms with E-state index in [1.807, 2.05) is 13.0 Å². The van der Waals surface area contributed by atoms with Crippen LogP contribution in [-0.2, 0) is 0 Å². The van der Waals surface area contributed by atoms with Crippen LogP contribution < -0.4 is 10.5 Å². The highest BCUT2D eigenvalue weighted by molar-refractivity contribution is 6.42. The van der Waals surface area contributed by atoms with Crippen molar-refractivity contribution in [3.05, 3.63) is 57.6 Å². The molecule has 0 aromatic heterocycles. The Morgan fingerprint density at radius 1 is 1.20 bits per heavy atom. The Kier molecular flexibility index (Phi) is 4.37. The van der Waals surface area contributed by atoms with Gasteiger partial charge < -0.3 is 15.7 Å². The summed E-state index contributed by atoms with van der Waals surface area (Å²) in [4.78, 5) is 0. The van der Waals surface area contributed by atoms with E-state index >= 15 is 0 Å². The van der Waals surface area contributed by atoms with Crippen molar-refractivity contribution in [2.24, 2.45) is 10.9 Å². The monoisotopic (exact) mass is 310 g/mol. The van der Waals surface area contributed by atoms with Gasteiger partial charge in [0.2, 0.25) is 0 Å². The van der Waals surface area contributed by atoms with Crippen LogP contribution in [0, 0.1) is 6.92 Å². The molecule has 0 spiro atoms. The van der Waals surface area contributed by atoms with Crippen molar-refractivity contribution in [2.75, 3.05) is 0 Å². The van der Waals surface area contributed by atoms with Crippen LogP contribution in [0.2, 0.25) is 10.0 Å². The Morgan fingerprint density at radius 3 is 2.65 bits per heavy atom. The molecule has 0 fully saturated rings. The summed E-state index contributed by atoms with van der Waals surface area (Å²) in [5.41, 5.74) is 7.08. The first-order chi connectivity index (χ1) is 9.52. The van der Waals surface area contributed by atoms with E-state index in [0.29, 0.717) is 27.1 Å². The smallest absolute Gasteiger partial charge is 0.173 e. The number of nitrogens with zero attached hydrogens (tertiary/aromatic N) is 1. The van der Waals surface area contributed by atoms with Gasteiger partial charge in [-0.1, -0.05) is 46.1 Å². The second kappa shape index (κ2) is 6.03. The molecule has 3 N–H and O–H groups in total. The number of rotatable bonds is 3. The van der Waals surface area contributed by atoms with Gasteiger partial charge in [0.25, 0.3) is 0 Å². The van der Waals surface area contributed by atoms with Crippen LogP contribution in [0.5, 0.6) is 11.5 Å². The Bertz CT molecular complexity index is 672. The molecule has 2 aromatic rings. The van der Waals surface area contributed by atoms with Crippen LogP contribution in [0.1, 0.15) is 11.1 Å². The molecule has 0 unspecified atom stereocenters. The minimum absolute atomic E-state index is 0.0400. The lowest BCUT2D eigenvalue weighted by molar-refractivity contribution is 0.318. The predicted octanol–water partition coefficient (Wildman–Crippen LogP) is 4.19. The van der Waals surface area contributed by atoms with Crippen LogP contribution in [0.3, 0.4) is 0 Å². The lowest BCUT2D eigenvalue weighted by Gasteiger charge is -2.12. The number of ether oxygens (including phenoxy) is 1. The van der Waals surface area contributed by atoms with E-state index in [2.05, 4.69) is 5.16 Å². The van der Waals surface area contributed by atoms with Crippen LogP contribution >= 0.6 is 23.2 Å². The van der Waals surface area contributed by atoms with Crippen LogP contribution in [0.4, 0.5) is 0 Å². The lowest BCUT2D eigenvalue weighted by Crippen LogP contribution is -2.14. The Morgan fingerprint density at radius 2 is 1.95 bits per heavy atom. The van der Waals surface area contributed by atoms with Crippen molar-refractivity contribution < 1.29 is 9.94 Å². The van der Waals surface area contributed by atoms with E-state index in [0.717, 1.165) is 5.56 Å². The minimum Gasteiger partial charge on any atom is -0.455 e. The van der Waals surface area contributed by atoms with Crippen molar-refractivity contribution in [2.45, 2.75) is 6.92 Å². The summed E-state index contributed by atoms with van der Waals surface area (Å²) >= 11 is 12.0. The third-order valence-electron chi connectivity index (χ3n) is 2.65. The van der Waals surface area contributed by atoms with E-state index in [-0.39, 0.29) is 5.84 Å². The topological polar surface area (TPSA) is 67.8 Å². The summed E-state index contributed by atoms with van der Waals surface area (Å²) in [5, 5.41) is 12.5. The van der Waals surface area contributed by atoms with Gasteiger partial charge in [-0.2, -0.15) is 0 Å². The van der Waals surface area contributed by atoms with Gasteiger partial charge in [0.05, 0.1) is 10.6 Å². The molecule has 0 bridgehead atoms. The Hall–Kier alpha value is -1.91. The van der Waals surface area contributed by atoms with E-state index < -0.39 is 0 Å². The zero-order chi connectivity index (χ0) is 14.7. The van der Waals surface area contributed by atoms with Gasteiger partial charge >= 0.3 is 0 Å². The summed E-state index contributed by atoms with van der Waals surface area (Å²) in [5.74, 6) is 0.784.